The SMILES string of the molecule is COCCNCc1nc(C(C)(C)C)no1.Cl. The van der Waals surface area contributed by atoms with Crippen LogP contribution in [0, 0.1) is 0 Å². The predicted octanol–water partition coefficient (Wildman–Crippen LogP) is 1.52. The van der Waals surface area contributed by atoms with E-state index in [2.05, 4.69) is 36.2 Å². The molecule has 0 bridgehead atoms. The maximum Gasteiger partial charge on any atom is 0.240 e. The molecule has 16 heavy (non-hydrogen) atoms. The van der Waals surface area contributed by atoms with Gasteiger partial charge in [0.25, 0.3) is 0 Å². The molecule has 0 saturated heterocycles. The molecule has 94 valence electrons. The van der Waals surface area contributed by atoms with Gasteiger partial charge in [0.15, 0.2) is 5.82 Å². The lowest BCUT2D eigenvalue weighted by atomic mass is 9.96. The van der Waals surface area contributed by atoms with E-state index in [1.807, 2.05) is 0 Å². The number of nitrogens with zero attached hydrogens (tertiary/aromatic N) is 2. The Morgan fingerprint density at radius 3 is 2.56 bits per heavy atom. The van der Waals surface area contributed by atoms with Crippen molar-refractivity contribution in [2.24, 2.45) is 0 Å². The second-order valence-electron chi connectivity index (χ2n) is 4.43. The maximum absolute atomic E-state index is 5.11. The van der Waals surface area contributed by atoms with Crippen molar-refractivity contribution in [3.8, 4) is 0 Å². The molecule has 5 nitrogen and oxygen atoms in total. The van der Waals surface area contributed by atoms with Crippen LogP contribution >= 0.6 is 12.4 Å². The van der Waals surface area contributed by atoms with Crippen molar-refractivity contribution < 1.29 is 9.26 Å². The summed E-state index contributed by atoms with van der Waals surface area (Å²) in [6, 6.07) is 0. The summed E-state index contributed by atoms with van der Waals surface area (Å²) in [5.74, 6) is 1.36. The van der Waals surface area contributed by atoms with Crippen LogP contribution in [-0.4, -0.2) is 30.4 Å². The number of halogens is 1. The molecular formula is C10H20ClN3O2. The fourth-order valence-corrected chi connectivity index (χ4v) is 1.00. The third-order valence-electron chi connectivity index (χ3n) is 1.90. The largest absolute Gasteiger partial charge is 0.383 e. The highest BCUT2D eigenvalue weighted by atomic mass is 35.5. The molecular weight excluding hydrogens is 230 g/mol. The van der Waals surface area contributed by atoms with Gasteiger partial charge in [-0.3, -0.25) is 0 Å². The van der Waals surface area contributed by atoms with Crippen LogP contribution in [0.3, 0.4) is 0 Å². The van der Waals surface area contributed by atoms with Crippen LogP contribution in [0.2, 0.25) is 0 Å². The summed E-state index contributed by atoms with van der Waals surface area (Å²) in [5, 5.41) is 7.08. The van der Waals surface area contributed by atoms with E-state index < -0.39 is 0 Å². The zero-order valence-electron chi connectivity index (χ0n) is 10.2. The van der Waals surface area contributed by atoms with Gasteiger partial charge in [0.2, 0.25) is 5.89 Å². The first-order valence-corrected chi connectivity index (χ1v) is 5.07. The summed E-state index contributed by atoms with van der Waals surface area (Å²) in [6.45, 7) is 8.22. The number of aromatic nitrogens is 2. The van der Waals surface area contributed by atoms with E-state index in [4.69, 9.17) is 9.26 Å². The van der Waals surface area contributed by atoms with Crippen LogP contribution in [0.1, 0.15) is 32.5 Å². The van der Waals surface area contributed by atoms with Crippen LogP contribution in [0.25, 0.3) is 0 Å². The molecule has 0 radical (unpaired) electrons. The summed E-state index contributed by atoms with van der Waals surface area (Å²) < 4.78 is 10.0. The van der Waals surface area contributed by atoms with Gasteiger partial charge in [0.05, 0.1) is 13.2 Å². The first-order valence-electron chi connectivity index (χ1n) is 5.07. The predicted molar refractivity (Wildman–Crippen MR) is 63.8 cm³/mol. The average molecular weight is 250 g/mol. The Labute approximate surface area is 102 Å². The highest BCUT2D eigenvalue weighted by molar-refractivity contribution is 5.85. The summed E-state index contributed by atoms with van der Waals surface area (Å²) in [5.41, 5.74) is -0.0612. The zero-order valence-corrected chi connectivity index (χ0v) is 11.1. The average Bonchev–Trinajstić information content (AvgIpc) is 2.60. The summed E-state index contributed by atoms with van der Waals surface area (Å²) in [6.07, 6.45) is 0. The van der Waals surface area contributed by atoms with E-state index >= 15 is 0 Å². The normalized spacial score (nSPS) is 11.2. The van der Waals surface area contributed by atoms with Gasteiger partial charge in [-0.2, -0.15) is 4.98 Å². The zero-order chi connectivity index (χ0) is 11.3. The molecule has 1 heterocycles. The van der Waals surface area contributed by atoms with E-state index in [0.29, 0.717) is 19.0 Å². The molecule has 1 N–H and O–H groups in total. The Kier molecular flexibility index (Phi) is 6.55. The smallest absolute Gasteiger partial charge is 0.240 e. The maximum atomic E-state index is 5.11. The number of ether oxygens (including phenoxy) is 1. The molecule has 0 unspecified atom stereocenters. The molecule has 0 aromatic carbocycles. The van der Waals surface area contributed by atoms with E-state index in [1.165, 1.54) is 0 Å². The van der Waals surface area contributed by atoms with Crippen molar-refractivity contribution in [3.63, 3.8) is 0 Å². The summed E-state index contributed by atoms with van der Waals surface area (Å²) >= 11 is 0. The molecule has 0 amide bonds. The summed E-state index contributed by atoms with van der Waals surface area (Å²) in [4.78, 5) is 4.30. The molecule has 6 heteroatoms. The second kappa shape index (κ2) is 6.83. The quantitative estimate of drug-likeness (QED) is 0.802. The van der Waals surface area contributed by atoms with Gasteiger partial charge in [-0.05, 0) is 0 Å². The summed E-state index contributed by atoms with van der Waals surface area (Å²) in [7, 11) is 1.67. The molecule has 0 atom stereocenters. The van der Waals surface area contributed by atoms with Crippen molar-refractivity contribution in [2.75, 3.05) is 20.3 Å². The van der Waals surface area contributed by atoms with Gasteiger partial charge >= 0.3 is 0 Å². The topological polar surface area (TPSA) is 60.2 Å². The van der Waals surface area contributed by atoms with Crippen molar-refractivity contribution in [1.82, 2.24) is 15.5 Å². The minimum absolute atomic E-state index is 0. The van der Waals surface area contributed by atoms with Crippen molar-refractivity contribution >= 4 is 12.4 Å². The van der Waals surface area contributed by atoms with Crippen LogP contribution < -0.4 is 5.32 Å². The molecule has 0 saturated carbocycles. The number of hydrogen-bond donors (Lipinski definition) is 1. The molecule has 0 spiro atoms. The highest BCUT2D eigenvalue weighted by Crippen LogP contribution is 2.18. The van der Waals surface area contributed by atoms with Crippen molar-refractivity contribution in [2.45, 2.75) is 32.7 Å². The lowest BCUT2D eigenvalue weighted by molar-refractivity contribution is 0.197. The minimum atomic E-state index is -0.0612. The number of methoxy groups -OCH3 is 1. The second-order valence-corrected chi connectivity index (χ2v) is 4.43. The van der Waals surface area contributed by atoms with Gasteiger partial charge in [0, 0.05) is 19.1 Å². The Bertz CT molecular complexity index is 296. The van der Waals surface area contributed by atoms with E-state index in [1.54, 1.807) is 7.11 Å². The monoisotopic (exact) mass is 249 g/mol. The Morgan fingerprint density at radius 1 is 1.38 bits per heavy atom. The van der Waals surface area contributed by atoms with Crippen LogP contribution in [0.4, 0.5) is 0 Å². The molecule has 0 aliphatic carbocycles. The first kappa shape index (κ1) is 15.3. The van der Waals surface area contributed by atoms with Gasteiger partial charge in [-0.15, -0.1) is 12.4 Å². The molecule has 1 rings (SSSR count). The fraction of sp³-hybridized carbons (Fsp3) is 0.800. The molecule has 0 fully saturated rings. The third-order valence-corrected chi connectivity index (χ3v) is 1.90. The lowest BCUT2D eigenvalue weighted by Gasteiger charge is -2.10. The first-order chi connectivity index (χ1) is 7.04. The molecule has 1 aromatic heterocycles. The molecule has 1 aromatic rings. The Balaban J connectivity index is 0.00000225. The Hall–Kier alpha value is -0.650. The highest BCUT2D eigenvalue weighted by Gasteiger charge is 2.20. The standard InChI is InChI=1S/C10H19N3O2.ClH/c1-10(2,3)9-12-8(15-13-9)7-11-5-6-14-4;/h11H,5-7H2,1-4H3;1H. The number of hydrogen-bond acceptors (Lipinski definition) is 5. The van der Waals surface area contributed by atoms with Crippen LogP contribution in [0.5, 0.6) is 0 Å². The number of rotatable bonds is 5. The van der Waals surface area contributed by atoms with E-state index in [9.17, 15) is 0 Å². The van der Waals surface area contributed by atoms with Gasteiger partial charge in [-0.25, -0.2) is 0 Å². The molecule has 0 aliphatic heterocycles. The minimum Gasteiger partial charge on any atom is -0.383 e. The van der Waals surface area contributed by atoms with Crippen molar-refractivity contribution in [3.05, 3.63) is 11.7 Å². The lowest BCUT2D eigenvalue weighted by Crippen LogP contribution is -2.19. The number of nitrogens with one attached hydrogen (secondary N) is 1. The van der Waals surface area contributed by atoms with Gasteiger partial charge < -0.3 is 14.6 Å². The van der Waals surface area contributed by atoms with Gasteiger partial charge in [-0.1, -0.05) is 25.9 Å². The Morgan fingerprint density at radius 2 is 2.06 bits per heavy atom. The van der Waals surface area contributed by atoms with E-state index in [-0.39, 0.29) is 17.8 Å². The fourth-order valence-electron chi connectivity index (χ4n) is 1.00. The third kappa shape index (κ3) is 4.92. The van der Waals surface area contributed by atoms with Crippen molar-refractivity contribution in [1.29, 1.82) is 0 Å². The van der Waals surface area contributed by atoms with Crippen LogP contribution in [-0.2, 0) is 16.7 Å². The molecule has 0 aliphatic rings. The van der Waals surface area contributed by atoms with E-state index in [0.717, 1.165) is 12.4 Å². The van der Waals surface area contributed by atoms with Crippen LogP contribution in [0.15, 0.2) is 4.52 Å². The van der Waals surface area contributed by atoms with Gasteiger partial charge in [0.1, 0.15) is 0 Å².